The molecule has 1 unspecified atom stereocenters. The number of rotatable bonds is 5. The number of hydrogen-bond donors (Lipinski definition) is 1. The zero-order valence-corrected chi connectivity index (χ0v) is 12.0. The largest absolute Gasteiger partial charge is 0.472 e. The minimum atomic E-state index is 0.0680. The lowest BCUT2D eigenvalue weighted by atomic mass is 9.91. The Morgan fingerprint density at radius 3 is 3.10 bits per heavy atom. The van der Waals surface area contributed by atoms with E-state index < -0.39 is 0 Å². The summed E-state index contributed by atoms with van der Waals surface area (Å²) in [6.45, 7) is 5.15. The molecule has 0 bridgehead atoms. The molecular formula is C17H20N2O2. The van der Waals surface area contributed by atoms with Gasteiger partial charge in [0.25, 0.3) is 5.56 Å². The van der Waals surface area contributed by atoms with Gasteiger partial charge in [0, 0.05) is 36.5 Å². The first-order valence-corrected chi connectivity index (χ1v) is 7.35. The van der Waals surface area contributed by atoms with Gasteiger partial charge in [-0.25, -0.2) is 0 Å². The van der Waals surface area contributed by atoms with Crippen molar-refractivity contribution in [1.29, 1.82) is 0 Å². The van der Waals surface area contributed by atoms with Gasteiger partial charge in [-0.3, -0.25) is 4.79 Å². The highest BCUT2D eigenvalue weighted by Gasteiger charge is 2.20. The van der Waals surface area contributed by atoms with Crippen molar-refractivity contribution < 1.29 is 4.42 Å². The van der Waals surface area contributed by atoms with Crippen LogP contribution in [0.25, 0.3) is 0 Å². The second kappa shape index (κ2) is 6.14. The molecule has 4 heteroatoms. The summed E-state index contributed by atoms with van der Waals surface area (Å²) >= 11 is 0. The van der Waals surface area contributed by atoms with Crippen LogP contribution < -0.4 is 10.9 Å². The molecule has 0 fully saturated rings. The highest BCUT2D eigenvalue weighted by atomic mass is 16.3. The van der Waals surface area contributed by atoms with Crippen molar-refractivity contribution in [3.63, 3.8) is 0 Å². The fourth-order valence-corrected chi connectivity index (χ4v) is 2.98. The Kier molecular flexibility index (Phi) is 4.06. The van der Waals surface area contributed by atoms with Crippen molar-refractivity contribution in [1.82, 2.24) is 9.88 Å². The second-order valence-electron chi connectivity index (χ2n) is 5.50. The Morgan fingerprint density at radius 1 is 1.43 bits per heavy atom. The molecule has 1 aliphatic carbocycles. The molecule has 0 aliphatic heterocycles. The van der Waals surface area contributed by atoms with Gasteiger partial charge in [0.05, 0.1) is 12.5 Å². The molecule has 3 rings (SSSR count). The normalized spacial score (nSPS) is 17.4. The van der Waals surface area contributed by atoms with E-state index >= 15 is 0 Å². The summed E-state index contributed by atoms with van der Waals surface area (Å²) in [4.78, 5) is 11.9. The molecule has 0 radical (unpaired) electrons. The molecule has 0 saturated heterocycles. The van der Waals surface area contributed by atoms with Crippen molar-refractivity contribution >= 4 is 0 Å². The summed E-state index contributed by atoms with van der Waals surface area (Å²) in [5.74, 6) is 0. The van der Waals surface area contributed by atoms with Gasteiger partial charge in [0.15, 0.2) is 0 Å². The number of hydrogen-bond acceptors (Lipinski definition) is 3. The van der Waals surface area contributed by atoms with E-state index in [1.54, 1.807) is 24.7 Å². The quantitative estimate of drug-likeness (QED) is 0.857. The van der Waals surface area contributed by atoms with Crippen LogP contribution in [0.5, 0.6) is 0 Å². The molecular weight excluding hydrogens is 264 g/mol. The summed E-state index contributed by atoms with van der Waals surface area (Å²) in [5, 5.41) is 3.56. The summed E-state index contributed by atoms with van der Waals surface area (Å²) in [6.07, 6.45) is 8.19. The number of nitrogens with one attached hydrogen (secondary N) is 1. The van der Waals surface area contributed by atoms with Crippen LogP contribution in [-0.4, -0.2) is 10.6 Å². The molecule has 2 aromatic heterocycles. The Balaban J connectivity index is 1.72. The van der Waals surface area contributed by atoms with E-state index in [9.17, 15) is 4.79 Å². The first-order chi connectivity index (χ1) is 10.3. The molecule has 1 aliphatic rings. The number of allylic oxidation sites excluding steroid dienone is 1. The zero-order valence-electron chi connectivity index (χ0n) is 12.0. The van der Waals surface area contributed by atoms with Crippen molar-refractivity contribution in [3.8, 4) is 0 Å². The average Bonchev–Trinajstić information content (AvgIpc) is 3.01. The number of nitrogens with zero attached hydrogens (tertiary/aromatic N) is 1. The molecule has 1 N–H and O–H groups in total. The monoisotopic (exact) mass is 284 g/mol. The third-order valence-electron chi connectivity index (χ3n) is 4.07. The summed E-state index contributed by atoms with van der Waals surface area (Å²) < 4.78 is 6.92. The van der Waals surface area contributed by atoms with Gasteiger partial charge in [-0.15, -0.1) is 6.58 Å². The minimum Gasteiger partial charge on any atom is -0.472 e. The maximum absolute atomic E-state index is 11.9. The topological polar surface area (TPSA) is 47.2 Å². The van der Waals surface area contributed by atoms with Crippen LogP contribution in [0.15, 0.2) is 52.6 Å². The lowest BCUT2D eigenvalue weighted by molar-refractivity contribution is 0.442. The van der Waals surface area contributed by atoms with Gasteiger partial charge in [0.2, 0.25) is 0 Å². The highest BCUT2D eigenvalue weighted by molar-refractivity contribution is 5.26. The van der Waals surface area contributed by atoms with Crippen molar-refractivity contribution in [2.45, 2.75) is 38.4 Å². The average molecular weight is 284 g/mol. The van der Waals surface area contributed by atoms with E-state index in [-0.39, 0.29) is 5.56 Å². The Hall–Kier alpha value is -2.07. The molecule has 2 aromatic rings. The summed E-state index contributed by atoms with van der Waals surface area (Å²) in [5.41, 5.74) is 3.67. The van der Waals surface area contributed by atoms with Crippen molar-refractivity contribution in [2.24, 2.45) is 0 Å². The third kappa shape index (κ3) is 3.00. The number of pyridine rings is 1. The fraction of sp³-hybridized carbons (Fsp3) is 0.353. The maximum atomic E-state index is 11.9. The maximum Gasteiger partial charge on any atom is 0.251 e. The Labute approximate surface area is 124 Å². The fourth-order valence-electron chi connectivity index (χ4n) is 2.98. The van der Waals surface area contributed by atoms with Crippen LogP contribution in [0, 0.1) is 0 Å². The summed E-state index contributed by atoms with van der Waals surface area (Å²) in [7, 11) is 0. The SMILES string of the molecule is C=CCn1c2c(ccc1=O)CC(NCc1ccoc1)CC2. The van der Waals surface area contributed by atoms with Gasteiger partial charge < -0.3 is 14.3 Å². The van der Waals surface area contributed by atoms with E-state index in [2.05, 4.69) is 11.9 Å². The Morgan fingerprint density at radius 2 is 2.33 bits per heavy atom. The molecule has 4 nitrogen and oxygen atoms in total. The van der Waals surface area contributed by atoms with E-state index in [4.69, 9.17) is 4.42 Å². The van der Waals surface area contributed by atoms with Crippen molar-refractivity contribution in [3.05, 3.63) is 70.6 Å². The van der Waals surface area contributed by atoms with E-state index in [1.807, 2.05) is 16.7 Å². The first-order valence-electron chi connectivity index (χ1n) is 7.35. The van der Waals surface area contributed by atoms with E-state index in [1.165, 1.54) is 11.3 Å². The minimum absolute atomic E-state index is 0.0680. The zero-order chi connectivity index (χ0) is 14.7. The first kappa shape index (κ1) is 13.9. The lowest BCUT2D eigenvalue weighted by Crippen LogP contribution is -2.36. The molecule has 1 atom stereocenters. The van der Waals surface area contributed by atoms with E-state index in [0.29, 0.717) is 12.6 Å². The number of fused-ring (bicyclic) bond motifs is 1. The second-order valence-corrected chi connectivity index (χ2v) is 5.50. The highest BCUT2D eigenvalue weighted by Crippen LogP contribution is 2.20. The number of aromatic nitrogens is 1. The van der Waals surface area contributed by atoms with Crippen LogP contribution in [-0.2, 0) is 25.9 Å². The molecule has 110 valence electrons. The predicted molar refractivity (Wildman–Crippen MR) is 82.3 cm³/mol. The van der Waals surface area contributed by atoms with Crippen LogP contribution in [0.3, 0.4) is 0 Å². The van der Waals surface area contributed by atoms with Crippen LogP contribution in [0.1, 0.15) is 23.2 Å². The summed E-state index contributed by atoms with van der Waals surface area (Å²) in [6, 6.07) is 6.07. The van der Waals surface area contributed by atoms with Gasteiger partial charge in [-0.2, -0.15) is 0 Å². The van der Waals surface area contributed by atoms with Crippen LogP contribution in [0.4, 0.5) is 0 Å². The van der Waals surface area contributed by atoms with Crippen LogP contribution >= 0.6 is 0 Å². The smallest absolute Gasteiger partial charge is 0.251 e. The Bertz CT molecular complexity index is 671. The molecule has 0 spiro atoms. The molecule has 0 amide bonds. The molecule has 2 heterocycles. The van der Waals surface area contributed by atoms with Crippen LogP contribution in [0.2, 0.25) is 0 Å². The van der Waals surface area contributed by atoms with Crippen molar-refractivity contribution in [2.75, 3.05) is 0 Å². The van der Waals surface area contributed by atoms with Gasteiger partial charge >= 0.3 is 0 Å². The number of furan rings is 1. The molecule has 0 saturated carbocycles. The molecule has 0 aromatic carbocycles. The lowest BCUT2D eigenvalue weighted by Gasteiger charge is -2.27. The third-order valence-corrected chi connectivity index (χ3v) is 4.07. The standard InChI is InChI=1S/C17H20N2O2/c1-2-8-19-16-5-4-15(10-14(16)3-6-17(19)20)18-11-13-7-9-21-12-13/h2-3,6-7,9,12,15,18H,1,4-5,8,10-11H2. The predicted octanol–water partition coefficient (Wildman–Crippen LogP) is 2.27. The van der Waals surface area contributed by atoms with Gasteiger partial charge in [0.1, 0.15) is 0 Å². The molecule has 21 heavy (non-hydrogen) atoms. The van der Waals surface area contributed by atoms with Gasteiger partial charge in [-0.05, 0) is 30.9 Å². The van der Waals surface area contributed by atoms with Gasteiger partial charge in [-0.1, -0.05) is 12.1 Å². The van der Waals surface area contributed by atoms with E-state index in [0.717, 1.165) is 31.4 Å².